The summed E-state index contributed by atoms with van der Waals surface area (Å²) in [7, 11) is 1.64. The van der Waals surface area contributed by atoms with Crippen molar-refractivity contribution in [3.63, 3.8) is 0 Å². The minimum Gasteiger partial charge on any atom is -0.340 e. The zero-order valence-electron chi connectivity index (χ0n) is 18.3. The summed E-state index contributed by atoms with van der Waals surface area (Å²) in [4.78, 5) is 36.5. The molecule has 1 aromatic carbocycles. The molecular weight excluding hydrogens is 416 g/mol. The second-order valence-electron chi connectivity index (χ2n) is 8.59. The van der Waals surface area contributed by atoms with Crippen LogP contribution in [0.5, 0.6) is 0 Å². The van der Waals surface area contributed by atoms with Crippen LogP contribution < -0.4 is 16.1 Å². The topological polar surface area (TPSA) is 79.2 Å². The van der Waals surface area contributed by atoms with Gasteiger partial charge in [-0.1, -0.05) is 43.6 Å². The minimum atomic E-state index is -0.442. The smallest absolute Gasteiger partial charge is 0.329 e. The first-order valence-corrected chi connectivity index (χ1v) is 11.1. The lowest BCUT2D eigenvalue weighted by molar-refractivity contribution is 0.248. The first kappa shape index (κ1) is 21.6. The SMILES string of the molecule is CC(C)CCn1c(N2CCN(Cc3ccccc3Cl)CC2)nc2c1c(=O)[nH]c(=O)n2C. The van der Waals surface area contributed by atoms with Crippen molar-refractivity contribution in [1.29, 1.82) is 0 Å². The number of H-pyrrole nitrogens is 1. The molecule has 166 valence electrons. The Hall–Kier alpha value is -2.58. The Kier molecular flexibility index (Phi) is 6.20. The van der Waals surface area contributed by atoms with Crippen LogP contribution in [-0.4, -0.2) is 50.2 Å². The van der Waals surface area contributed by atoms with Gasteiger partial charge in [0.2, 0.25) is 5.95 Å². The van der Waals surface area contributed by atoms with Crippen LogP contribution in [0.4, 0.5) is 5.95 Å². The number of nitrogens with zero attached hydrogens (tertiary/aromatic N) is 5. The van der Waals surface area contributed by atoms with Gasteiger partial charge in [0.05, 0.1) is 0 Å². The van der Waals surface area contributed by atoms with Crippen molar-refractivity contribution in [2.45, 2.75) is 33.4 Å². The molecule has 3 heterocycles. The number of hydrogen-bond acceptors (Lipinski definition) is 5. The number of hydrogen-bond donors (Lipinski definition) is 1. The minimum absolute atomic E-state index is 0.377. The van der Waals surface area contributed by atoms with Gasteiger partial charge in [0.1, 0.15) is 0 Å². The number of benzene rings is 1. The first-order chi connectivity index (χ1) is 14.8. The summed E-state index contributed by atoms with van der Waals surface area (Å²) in [5.41, 5.74) is 1.21. The molecule has 0 aliphatic carbocycles. The number of aromatic nitrogens is 4. The molecule has 0 spiro atoms. The van der Waals surface area contributed by atoms with E-state index in [1.165, 1.54) is 4.57 Å². The number of aryl methyl sites for hydroxylation is 2. The molecule has 0 saturated carbocycles. The van der Waals surface area contributed by atoms with Gasteiger partial charge in [0, 0.05) is 51.3 Å². The van der Waals surface area contributed by atoms with E-state index in [9.17, 15) is 9.59 Å². The summed E-state index contributed by atoms with van der Waals surface area (Å²) >= 11 is 6.33. The number of piperazine rings is 1. The van der Waals surface area contributed by atoms with E-state index in [2.05, 4.69) is 34.7 Å². The van der Waals surface area contributed by atoms with Crippen LogP contribution in [0.2, 0.25) is 5.02 Å². The van der Waals surface area contributed by atoms with Gasteiger partial charge in [0.15, 0.2) is 11.2 Å². The highest BCUT2D eigenvalue weighted by molar-refractivity contribution is 6.31. The van der Waals surface area contributed by atoms with E-state index in [-0.39, 0.29) is 5.56 Å². The van der Waals surface area contributed by atoms with E-state index in [1.807, 2.05) is 22.8 Å². The summed E-state index contributed by atoms with van der Waals surface area (Å²) < 4.78 is 3.40. The lowest BCUT2D eigenvalue weighted by atomic mass is 10.1. The fourth-order valence-corrected chi connectivity index (χ4v) is 4.23. The van der Waals surface area contributed by atoms with Crippen LogP contribution in [0.1, 0.15) is 25.8 Å². The van der Waals surface area contributed by atoms with E-state index in [0.717, 1.165) is 55.7 Å². The summed E-state index contributed by atoms with van der Waals surface area (Å²) in [6.07, 6.45) is 0.924. The molecule has 1 fully saturated rings. The molecule has 0 amide bonds. The zero-order valence-corrected chi connectivity index (χ0v) is 19.0. The van der Waals surface area contributed by atoms with Crippen LogP contribution in [-0.2, 0) is 20.1 Å². The summed E-state index contributed by atoms with van der Waals surface area (Å²) in [5.74, 6) is 1.25. The van der Waals surface area contributed by atoms with Gasteiger partial charge in [-0.25, -0.2) is 4.79 Å². The fraction of sp³-hybridized carbons (Fsp3) is 0.500. The van der Waals surface area contributed by atoms with Gasteiger partial charge in [-0.2, -0.15) is 4.98 Å². The van der Waals surface area contributed by atoms with Crippen molar-refractivity contribution in [3.8, 4) is 0 Å². The van der Waals surface area contributed by atoms with Crippen molar-refractivity contribution in [2.75, 3.05) is 31.1 Å². The second-order valence-corrected chi connectivity index (χ2v) is 9.00. The molecule has 1 aliphatic rings. The maximum atomic E-state index is 12.6. The average Bonchev–Trinajstić information content (AvgIpc) is 3.13. The first-order valence-electron chi connectivity index (χ1n) is 10.8. The maximum Gasteiger partial charge on any atom is 0.329 e. The zero-order chi connectivity index (χ0) is 22.1. The van der Waals surface area contributed by atoms with Crippen LogP contribution in [0, 0.1) is 5.92 Å². The predicted octanol–water partition coefficient (Wildman–Crippen LogP) is 2.45. The van der Waals surface area contributed by atoms with Crippen LogP contribution >= 0.6 is 11.6 Å². The fourth-order valence-electron chi connectivity index (χ4n) is 4.04. The van der Waals surface area contributed by atoms with Crippen molar-refractivity contribution in [2.24, 2.45) is 13.0 Å². The highest BCUT2D eigenvalue weighted by Crippen LogP contribution is 2.23. The molecule has 1 aliphatic heterocycles. The molecule has 1 saturated heterocycles. The molecule has 0 unspecified atom stereocenters. The Morgan fingerprint density at radius 3 is 2.52 bits per heavy atom. The molecule has 1 N–H and O–H groups in total. The quantitative estimate of drug-likeness (QED) is 0.631. The van der Waals surface area contributed by atoms with Crippen molar-refractivity contribution in [3.05, 3.63) is 55.7 Å². The Morgan fingerprint density at radius 2 is 1.84 bits per heavy atom. The predicted molar refractivity (Wildman–Crippen MR) is 124 cm³/mol. The van der Waals surface area contributed by atoms with Gasteiger partial charge in [-0.3, -0.25) is 19.2 Å². The monoisotopic (exact) mass is 444 g/mol. The Balaban J connectivity index is 1.60. The Labute approximate surface area is 186 Å². The highest BCUT2D eigenvalue weighted by Gasteiger charge is 2.25. The van der Waals surface area contributed by atoms with E-state index in [4.69, 9.17) is 16.6 Å². The molecular formula is C22H29ClN6O2. The number of anilines is 1. The number of rotatable bonds is 6. The number of aromatic amines is 1. The molecule has 0 radical (unpaired) electrons. The van der Waals surface area contributed by atoms with Gasteiger partial charge >= 0.3 is 5.69 Å². The summed E-state index contributed by atoms with van der Waals surface area (Å²) in [6.45, 7) is 9.14. The van der Waals surface area contributed by atoms with Gasteiger partial charge in [0.25, 0.3) is 5.56 Å². The average molecular weight is 445 g/mol. The van der Waals surface area contributed by atoms with Crippen molar-refractivity contribution >= 4 is 28.7 Å². The number of fused-ring (bicyclic) bond motifs is 1. The summed E-state index contributed by atoms with van der Waals surface area (Å²) in [6, 6.07) is 7.94. The molecule has 3 aromatic rings. The molecule has 8 nitrogen and oxygen atoms in total. The molecule has 0 bridgehead atoms. The van der Waals surface area contributed by atoms with E-state index >= 15 is 0 Å². The third kappa shape index (κ3) is 4.41. The highest BCUT2D eigenvalue weighted by atomic mass is 35.5. The second kappa shape index (κ2) is 8.88. The van der Waals surface area contributed by atoms with E-state index < -0.39 is 5.69 Å². The number of halogens is 1. The number of imidazole rings is 1. The number of nitrogens with one attached hydrogen (secondary N) is 1. The molecule has 4 rings (SSSR count). The van der Waals surface area contributed by atoms with Gasteiger partial charge in [-0.15, -0.1) is 0 Å². The molecule has 0 atom stereocenters. The Bertz CT molecular complexity index is 1190. The molecule has 2 aromatic heterocycles. The third-order valence-electron chi connectivity index (χ3n) is 5.92. The maximum absolute atomic E-state index is 12.6. The largest absolute Gasteiger partial charge is 0.340 e. The molecule has 31 heavy (non-hydrogen) atoms. The van der Waals surface area contributed by atoms with Crippen molar-refractivity contribution in [1.82, 2.24) is 24.0 Å². The van der Waals surface area contributed by atoms with Crippen LogP contribution in [0.25, 0.3) is 11.2 Å². The normalized spacial score (nSPS) is 15.3. The standard InChI is InChI=1S/C22H29ClN6O2/c1-15(2)8-9-29-18-19(26(3)22(31)25-20(18)30)24-21(29)28-12-10-27(11-13-28)14-16-6-4-5-7-17(16)23/h4-7,15H,8-14H2,1-3H3,(H,25,30,31). The van der Waals surface area contributed by atoms with E-state index in [0.29, 0.717) is 23.6 Å². The van der Waals surface area contributed by atoms with Crippen molar-refractivity contribution < 1.29 is 0 Å². The lowest BCUT2D eigenvalue weighted by Gasteiger charge is -2.35. The van der Waals surface area contributed by atoms with E-state index in [1.54, 1.807) is 7.05 Å². The Morgan fingerprint density at radius 1 is 1.13 bits per heavy atom. The van der Waals surface area contributed by atoms with Crippen LogP contribution in [0.3, 0.4) is 0 Å². The summed E-state index contributed by atoms with van der Waals surface area (Å²) in [5, 5.41) is 0.792. The van der Waals surface area contributed by atoms with Gasteiger partial charge in [-0.05, 0) is 24.0 Å². The molecule has 9 heteroatoms. The van der Waals surface area contributed by atoms with Crippen LogP contribution in [0.15, 0.2) is 33.9 Å². The lowest BCUT2D eigenvalue weighted by Crippen LogP contribution is -2.47. The third-order valence-corrected chi connectivity index (χ3v) is 6.29. The van der Waals surface area contributed by atoms with Gasteiger partial charge < -0.3 is 9.47 Å².